The molecule has 11 heteroatoms. The zero-order chi connectivity index (χ0) is 20.1. The SMILES string of the molecule is C[C@H]1O[C@H](CO)[C@@H](OC2O[C@H](CO)[C@@H](O)[C@H](O)[C@H]2O)[C@H](O)[C@H]1OCCCN. The lowest BCUT2D eigenvalue weighted by molar-refractivity contribution is -0.343. The highest BCUT2D eigenvalue weighted by atomic mass is 16.7. The van der Waals surface area contributed by atoms with Gasteiger partial charge in [0.2, 0.25) is 0 Å². The minimum absolute atomic E-state index is 0.294. The van der Waals surface area contributed by atoms with E-state index in [2.05, 4.69) is 0 Å². The van der Waals surface area contributed by atoms with Gasteiger partial charge in [0.1, 0.15) is 48.8 Å². The van der Waals surface area contributed by atoms with Gasteiger partial charge in [0, 0.05) is 6.61 Å². The number of ether oxygens (including phenoxy) is 4. The predicted octanol–water partition coefficient (Wildman–Crippen LogP) is -3.95. The molecule has 2 aliphatic heterocycles. The van der Waals surface area contributed by atoms with Crippen LogP contribution < -0.4 is 5.73 Å². The van der Waals surface area contributed by atoms with E-state index in [-0.39, 0.29) is 0 Å². The number of aliphatic hydroxyl groups excluding tert-OH is 6. The maximum Gasteiger partial charge on any atom is 0.187 e. The largest absolute Gasteiger partial charge is 0.394 e. The normalized spacial score (nSPS) is 45.8. The first-order chi connectivity index (χ1) is 12.8. The number of hydrogen-bond acceptors (Lipinski definition) is 11. The topological polar surface area (TPSA) is 184 Å². The minimum Gasteiger partial charge on any atom is -0.394 e. The van der Waals surface area contributed by atoms with Crippen molar-refractivity contribution in [1.29, 1.82) is 0 Å². The summed E-state index contributed by atoms with van der Waals surface area (Å²) < 4.78 is 22.2. The Morgan fingerprint density at radius 2 is 1.52 bits per heavy atom. The summed E-state index contributed by atoms with van der Waals surface area (Å²) in [5, 5.41) is 59.3. The highest BCUT2D eigenvalue weighted by Gasteiger charge is 2.50. The second kappa shape index (κ2) is 10.4. The van der Waals surface area contributed by atoms with Crippen LogP contribution in [0.15, 0.2) is 0 Å². The molecule has 2 fully saturated rings. The molecule has 0 aliphatic carbocycles. The monoisotopic (exact) mass is 397 g/mol. The molecule has 11 nitrogen and oxygen atoms in total. The molecule has 10 atom stereocenters. The van der Waals surface area contributed by atoms with E-state index in [9.17, 15) is 30.6 Å². The molecule has 0 aromatic rings. The Balaban J connectivity index is 2.10. The van der Waals surface area contributed by atoms with Crippen molar-refractivity contribution in [2.45, 2.75) is 74.6 Å². The molecule has 0 radical (unpaired) electrons. The van der Waals surface area contributed by atoms with Crippen LogP contribution in [0.4, 0.5) is 0 Å². The molecule has 2 rings (SSSR count). The van der Waals surface area contributed by atoms with E-state index in [4.69, 9.17) is 24.7 Å². The lowest BCUT2D eigenvalue weighted by atomic mass is 9.94. The maximum absolute atomic E-state index is 10.7. The summed E-state index contributed by atoms with van der Waals surface area (Å²) in [4.78, 5) is 0. The van der Waals surface area contributed by atoms with E-state index in [1.54, 1.807) is 6.92 Å². The summed E-state index contributed by atoms with van der Waals surface area (Å²) in [6.45, 7) is 1.31. The van der Waals surface area contributed by atoms with Crippen molar-refractivity contribution < 1.29 is 49.6 Å². The third-order valence-electron chi connectivity index (χ3n) is 4.87. The Kier molecular flexibility index (Phi) is 8.77. The number of hydrogen-bond donors (Lipinski definition) is 7. The summed E-state index contributed by atoms with van der Waals surface area (Å²) in [7, 11) is 0. The van der Waals surface area contributed by atoms with E-state index in [1.807, 2.05) is 0 Å². The molecule has 0 bridgehead atoms. The molecule has 0 aromatic carbocycles. The quantitative estimate of drug-likeness (QED) is 0.198. The van der Waals surface area contributed by atoms with Crippen LogP contribution in [0.5, 0.6) is 0 Å². The van der Waals surface area contributed by atoms with Crippen molar-refractivity contribution in [3.05, 3.63) is 0 Å². The lowest BCUT2D eigenvalue weighted by Crippen LogP contribution is -2.64. The molecule has 27 heavy (non-hydrogen) atoms. The van der Waals surface area contributed by atoms with Crippen LogP contribution in [0.3, 0.4) is 0 Å². The van der Waals surface area contributed by atoms with E-state index in [1.165, 1.54) is 0 Å². The number of nitrogens with two attached hydrogens (primary N) is 1. The Hall–Kier alpha value is -0.440. The van der Waals surface area contributed by atoms with Crippen LogP contribution in [0.1, 0.15) is 13.3 Å². The van der Waals surface area contributed by atoms with E-state index in [0.717, 1.165) is 0 Å². The summed E-state index contributed by atoms with van der Waals surface area (Å²) in [5.41, 5.74) is 5.43. The average Bonchev–Trinajstić information content (AvgIpc) is 2.66. The van der Waals surface area contributed by atoms with E-state index < -0.39 is 74.4 Å². The van der Waals surface area contributed by atoms with Crippen molar-refractivity contribution in [3.63, 3.8) is 0 Å². The lowest BCUT2D eigenvalue weighted by Gasteiger charge is -2.46. The fourth-order valence-corrected chi connectivity index (χ4v) is 3.30. The van der Waals surface area contributed by atoms with Crippen LogP contribution in [-0.4, -0.2) is 118 Å². The smallest absolute Gasteiger partial charge is 0.187 e. The highest BCUT2D eigenvalue weighted by Crippen LogP contribution is 2.30. The Morgan fingerprint density at radius 1 is 0.852 bits per heavy atom. The van der Waals surface area contributed by atoms with Crippen LogP contribution >= 0.6 is 0 Å². The molecule has 0 aromatic heterocycles. The second-order valence-corrected chi connectivity index (χ2v) is 6.83. The maximum atomic E-state index is 10.7. The van der Waals surface area contributed by atoms with Gasteiger partial charge in [0.05, 0.1) is 19.3 Å². The zero-order valence-corrected chi connectivity index (χ0v) is 15.2. The van der Waals surface area contributed by atoms with Crippen LogP contribution in [0.25, 0.3) is 0 Å². The standard InChI is InChI=1S/C16H31NO10/c1-7-14(24-4-2-3-17)13(23)15(9(6-19)25-7)27-16-12(22)11(21)10(20)8(5-18)26-16/h7-16,18-23H,2-6,17H2,1H3/t7-,8-,9-,10-,11+,12-,13-,14+,15-,16?/m1/s1. The van der Waals surface area contributed by atoms with Gasteiger partial charge in [0.15, 0.2) is 6.29 Å². The average molecular weight is 397 g/mol. The zero-order valence-electron chi connectivity index (χ0n) is 15.2. The molecule has 0 saturated carbocycles. The van der Waals surface area contributed by atoms with Crippen LogP contribution in [-0.2, 0) is 18.9 Å². The fourth-order valence-electron chi connectivity index (χ4n) is 3.30. The van der Waals surface area contributed by atoms with Gasteiger partial charge in [-0.2, -0.15) is 0 Å². The predicted molar refractivity (Wildman–Crippen MR) is 89.5 cm³/mol. The molecular formula is C16H31NO10. The Bertz CT molecular complexity index is 441. The van der Waals surface area contributed by atoms with Crippen LogP contribution in [0.2, 0.25) is 0 Å². The van der Waals surface area contributed by atoms with Gasteiger partial charge in [0.25, 0.3) is 0 Å². The van der Waals surface area contributed by atoms with Gasteiger partial charge >= 0.3 is 0 Å². The third kappa shape index (κ3) is 5.14. The number of rotatable bonds is 8. The molecule has 1 unspecified atom stereocenters. The van der Waals surface area contributed by atoms with Crippen molar-refractivity contribution >= 4 is 0 Å². The highest BCUT2D eigenvalue weighted by molar-refractivity contribution is 4.95. The van der Waals surface area contributed by atoms with Gasteiger partial charge in [-0.25, -0.2) is 0 Å². The Morgan fingerprint density at radius 3 is 2.11 bits per heavy atom. The Labute approximate surface area is 157 Å². The summed E-state index contributed by atoms with van der Waals surface area (Å²) in [6.07, 6.45) is -11.4. The van der Waals surface area contributed by atoms with Gasteiger partial charge in [-0.3, -0.25) is 0 Å². The van der Waals surface area contributed by atoms with Gasteiger partial charge in [-0.05, 0) is 19.9 Å². The van der Waals surface area contributed by atoms with Gasteiger partial charge in [-0.1, -0.05) is 0 Å². The summed E-state index contributed by atoms with van der Waals surface area (Å²) in [5.74, 6) is 0. The van der Waals surface area contributed by atoms with Crippen molar-refractivity contribution in [3.8, 4) is 0 Å². The first kappa shape index (κ1) is 22.8. The molecule has 2 saturated heterocycles. The van der Waals surface area contributed by atoms with E-state index >= 15 is 0 Å². The first-order valence-electron chi connectivity index (χ1n) is 9.07. The minimum atomic E-state index is -1.63. The molecule has 0 amide bonds. The van der Waals surface area contributed by atoms with Crippen molar-refractivity contribution in [2.24, 2.45) is 5.73 Å². The molecule has 8 N–H and O–H groups in total. The molecule has 2 aliphatic rings. The molecule has 160 valence electrons. The second-order valence-electron chi connectivity index (χ2n) is 6.83. The number of aliphatic hydroxyl groups is 6. The van der Waals surface area contributed by atoms with E-state index in [0.29, 0.717) is 19.6 Å². The van der Waals surface area contributed by atoms with Crippen LogP contribution in [0, 0.1) is 0 Å². The fraction of sp³-hybridized carbons (Fsp3) is 1.00. The first-order valence-corrected chi connectivity index (χ1v) is 9.07. The van der Waals surface area contributed by atoms with Crippen molar-refractivity contribution in [2.75, 3.05) is 26.4 Å². The third-order valence-corrected chi connectivity index (χ3v) is 4.87. The molecular weight excluding hydrogens is 366 g/mol. The summed E-state index contributed by atoms with van der Waals surface area (Å²) >= 11 is 0. The molecule has 0 spiro atoms. The summed E-state index contributed by atoms with van der Waals surface area (Å²) in [6, 6.07) is 0. The molecule has 2 heterocycles. The van der Waals surface area contributed by atoms with Gasteiger partial charge < -0.3 is 55.3 Å². The van der Waals surface area contributed by atoms with Gasteiger partial charge in [-0.15, -0.1) is 0 Å². The van der Waals surface area contributed by atoms with Crippen molar-refractivity contribution in [1.82, 2.24) is 0 Å².